The average molecular weight is 369 g/mol. The van der Waals surface area contributed by atoms with Gasteiger partial charge in [0.05, 0.1) is 6.04 Å². The summed E-state index contributed by atoms with van der Waals surface area (Å²) < 4.78 is 5.37. The molecular weight excluding hydrogens is 342 g/mol. The highest BCUT2D eigenvalue weighted by Gasteiger charge is 2.37. The number of nitrogens with one attached hydrogen (secondary N) is 2. The van der Waals surface area contributed by atoms with Gasteiger partial charge in [0.15, 0.2) is 5.82 Å². The maximum Gasteiger partial charge on any atom is 0.223 e. The van der Waals surface area contributed by atoms with Gasteiger partial charge in [0.25, 0.3) is 0 Å². The smallest absolute Gasteiger partial charge is 0.223 e. The van der Waals surface area contributed by atoms with Crippen LogP contribution in [0.2, 0.25) is 0 Å². The predicted molar refractivity (Wildman–Crippen MR) is 101 cm³/mol. The van der Waals surface area contributed by atoms with Gasteiger partial charge in [-0.1, -0.05) is 30.3 Å². The standard InChI is InChI=1S/C20H27N5O2/c1-14-21-19(24-23-14)18-11-17(22-20(26)16-7-9-27-10-8-16)13-25(18)12-15-5-3-2-4-6-15/h2-6,16-18H,7-13H2,1H3,(H,22,26)(H,21,23,24)/t17-,18-/m0/s1. The number of benzene rings is 1. The van der Waals surface area contributed by atoms with Crippen LogP contribution in [0, 0.1) is 12.8 Å². The number of H-pyrrole nitrogens is 1. The number of nitrogens with zero attached hydrogens (tertiary/aromatic N) is 3. The third-order valence-electron chi connectivity index (χ3n) is 5.48. The largest absolute Gasteiger partial charge is 0.381 e. The predicted octanol–water partition coefficient (Wildman–Crippen LogP) is 1.97. The van der Waals surface area contributed by atoms with E-state index in [-0.39, 0.29) is 23.9 Å². The van der Waals surface area contributed by atoms with Crippen LogP contribution < -0.4 is 5.32 Å². The molecule has 144 valence electrons. The van der Waals surface area contributed by atoms with Gasteiger partial charge in [-0.25, -0.2) is 4.98 Å². The zero-order valence-electron chi connectivity index (χ0n) is 15.7. The first-order valence-corrected chi connectivity index (χ1v) is 9.74. The van der Waals surface area contributed by atoms with E-state index in [0.29, 0.717) is 13.2 Å². The Bertz CT molecular complexity index is 757. The Morgan fingerprint density at radius 3 is 2.78 bits per heavy atom. The molecule has 2 aliphatic rings. The van der Waals surface area contributed by atoms with E-state index in [1.807, 2.05) is 13.0 Å². The summed E-state index contributed by atoms with van der Waals surface area (Å²) in [6.07, 6.45) is 2.46. The quantitative estimate of drug-likeness (QED) is 0.842. The van der Waals surface area contributed by atoms with Crippen LogP contribution in [0.5, 0.6) is 0 Å². The molecule has 0 saturated carbocycles. The fourth-order valence-electron chi connectivity index (χ4n) is 4.06. The molecule has 1 aromatic heterocycles. The van der Waals surface area contributed by atoms with Crippen molar-refractivity contribution in [1.29, 1.82) is 0 Å². The van der Waals surface area contributed by atoms with E-state index in [1.165, 1.54) is 5.56 Å². The molecule has 0 radical (unpaired) electrons. The van der Waals surface area contributed by atoms with Crippen molar-refractivity contribution in [2.24, 2.45) is 5.92 Å². The van der Waals surface area contributed by atoms with Crippen molar-refractivity contribution in [3.8, 4) is 0 Å². The normalized spacial score (nSPS) is 24.2. The number of rotatable bonds is 5. The summed E-state index contributed by atoms with van der Waals surface area (Å²) in [6.45, 7) is 4.91. The lowest BCUT2D eigenvalue weighted by Gasteiger charge is -2.23. The molecule has 3 heterocycles. The summed E-state index contributed by atoms with van der Waals surface area (Å²) in [7, 11) is 0. The minimum absolute atomic E-state index is 0.0751. The molecule has 0 bridgehead atoms. The Balaban J connectivity index is 1.45. The van der Waals surface area contributed by atoms with Crippen LogP contribution in [0.15, 0.2) is 30.3 Å². The summed E-state index contributed by atoms with van der Waals surface area (Å²) in [5.41, 5.74) is 1.26. The van der Waals surface area contributed by atoms with E-state index in [9.17, 15) is 4.79 Å². The summed E-state index contributed by atoms with van der Waals surface area (Å²) in [6, 6.07) is 10.6. The van der Waals surface area contributed by atoms with Crippen molar-refractivity contribution >= 4 is 5.91 Å². The molecule has 2 saturated heterocycles. The van der Waals surface area contributed by atoms with Gasteiger partial charge in [0.2, 0.25) is 5.91 Å². The minimum atomic E-state index is 0.0751. The molecule has 4 rings (SSSR count). The molecule has 0 unspecified atom stereocenters. The summed E-state index contributed by atoms with van der Waals surface area (Å²) in [4.78, 5) is 19.6. The first-order valence-electron chi connectivity index (χ1n) is 9.74. The SMILES string of the molecule is Cc1nc([C@@H]2C[C@H](NC(=O)C3CCOCC3)CN2Cc2ccccc2)n[nH]1. The molecule has 2 atom stereocenters. The summed E-state index contributed by atoms with van der Waals surface area (Å²) in [5, 5.41) is 10.6. The summed E-state index contributed by atoms with van der Waals surface area (Å²) >= 11 is 0. The van der Waals surface area contributed by atoms with Crippen molar-refractivity contribution in [2.45, 2.75) is 44.8 Å². The molecular formula is C20H27N5O2. The van der Waals surface area contributed by atoms with Crippen molar-refractivity contribution < 1.29 is 9.53 Å². The number of hydrogen-bond donors (Lipinski definition) is 2. The molecule has 1 aromatic carbocycles. The van der Waals surface area contributed by atoms with Crippen molar-refractivity contribution in [1.82, 2.24) is 25.4 Å². The molecule has 0 aliphatic carbocycles. The van der Waals surface area contributed by atoms with Crippen LogP contribution in [-0.2, 0) is 16.1 Å². The first kappa shape index (κ1) is 18.1. The van der Waals surface area contributed by atoms with E-state index < -0.39 is 0 Å². The zero-order valence-corrected chi connectivity index (χ0v) is 15.7. The summed E-state index contributed by atoms with van der Waals surface area (Å²) in [5.74, 6) is 1.87. The minimum Gasteiger partial charge on any atom is -0.381 e. The lowest BCUT2D eigenvalue weighted by atomic mass is 9.99. The Morgan fingerprint density at radius 2 is 2.07 bits per heavy atom. The lowest BCUT2D eigenvalue weighted by molar-refractivity contribution is -0.128. The van der Waals surface area contributed by atoms with Crippen molar-refractivity contribution in [3.63, 3.8) is 0 Å². The third-order valence-corrected chi connectivity index (χ3v) is 5.48. The van der Waals surface area contributed by atoms with Gasteiger partial charge in [0.1, 0.15) is 5.82 Å². The topological polar surface area (TPSA) is 83.1 Å². The Labute approximate surface area is 159 Å². The molecule has 1 amide bonds. The Kier molecular flexibility index (Phi) is 5.50. The van der Waals surface area contributed by atoms with E-state index in [1.54, 1.807) is 0 Å². The molecule has 2 N–H and O–H groups in total. The van der Waals surface area contributed by atoms with E-state index in [2.05, 4.69) is 49.7 Å². The van der Waals surface area contributed by atoms with Crippen LogP contribution in [0.25, 0.3) is 0 Å². The van der Waals surface area contributed by atoms with Crippen LogP contribution >= 0.6 is 0 Å². The fourth-order valence-corrected chi connectivity index (χ4v) is 4.06. The second-order valence-electron chi connectivity index (χ2n) is 7.54. The lowest BCUT2D eigenvalue weighted by Crippen LogP contribution is -2.42. The number of carbonyl (C=O) groups excluding carboxylic acids is 1. The van der Waals surface area contributed by atoms with Gasteiger partial charge in [-0.05, 0) is 31.7 Å². The Hall–Kier alpha value is -2.25. The number of likely N-dealkylation sites (tertiary alicyclic amines) is 1. The number of aryl methyl sites for hydroxylation is 1. The maximum absolute atomic E-state index is 12.6. The van der Waals surface area contributed by atoms with Crippen molar-refractivity contribution in [2.75, 3.05) is 19.8 Å². The molecule has 0 spiro atoms. The maximum atomic E-state index is 12.6. The fraction of sp³-hybridized carbons (Fsp3) is 0.550. The van der Waals surface area contributed by atoms with Gasteiger partial charge >= 0.3 is 0 Å². The monoisotopic (exact) mass is 369 g/mol. The van der Waals surface area contributed by atoms with Crippen LogP contribution in [0.4, 0.5) is 0 Å². The zero-order chi connectivity index (χ0) is 18.6. The van der Waals surface area contributed by atoms with Gasteiger partial charge in [-0.3, -0.25) is 14.8 Å². The highest BCUT2D eigenvalue weighted by molar-refractivity contribution is 5.79. The molecule has 7 heteroatoms. The van der Waals surface area contributed by atoms with Gasteiger partial charge in [0, 0.05) is 38.3 Å². The van der Waals surface area contributed by atoms with Crippen LogP contribution in [0.1, 0.15) is 42.5 Å². The van der Waals surface area contributed by atoms with Crippen molar-refractivity contribution in [3.05, 3.63) is 47.5 Å². The molecule has 2 aromatic rings. The number of aromatic nitrogens is 3. The van der Waals surface area contributed by atoms with Gasteiger partial charge in [-0.15, -0.1) is 0 Å². The third kappa shape index (κ3) is 4.36. The van der Waals surface area contributed by atoms with Gasteiger partial charge in [-0.2, -0.15) is 5.10 Å². The number of aromatic amines is 1. The van der Waals surface area contributed by atoms with Crippen LogP contribution in [0.3, 0.4) is 0 Å². The number of hydrogen-bond acceptors (Lipinski definition) is 5. The molecule has 7 nitrogen and oxygen atoms in total. The highest BCUT2D eigenvalue weighted by Crippen LogP contribution is 2.32. The van der Waals surface area contributed by atoms with E-state index in [4.69, 9.17) is 4.74 Å². The highest BCUT2D eigenvalue weighted by atomic mass is 16.5. The molecule has 2 fully saturated rings. The number of ether oxygens (including phenoxy) is 1. The Morgan fingerprint density at radius 1 is 1.30 bits per heavy atom. The molecule has 27 heavy (non-hydrogen) atoms. The second-order valence-corrected chi connectivity index (χ2v) is 7.54. The second kappa shape index (κ2) is 8.19. The molecule has 2 aliphatic heterocycles. The van der Waals surface area contributed by atoms with E-state index >= 15 is 0 Å². The number of amides is 1. The van der Waals surface area contributed by atoms with Gasteiger partial charge < -0.3 is 10.1 Å². The van der Waals surface area contributed by atoms with Crippen LogP contribution in [-0.4, -0.2) is 51.8 Å². The number of carbonyl (C=O) groups is 1. The van der Waals surface area contributed by atoms with E-state index in [0.717, 1.165) is 44.0 Å². The average Bonchev–Trinajstić information content (AvgIpc) is 3.29. The first-order chi connectivity index (χ1) is 13.2.